The molecule has 110 valence electrons. The van der Waals surface area contributed by atoms with Gasteiger partial charge in [0.1, 0.15) is 5.75 Å². The number of fused-ring (bicyclic) bond motifs is 1. The highest BCUT2D eigenvalue weighted by atomic mass is 16.5. The highest BCUT2D eigenvalue weighted by molar-refractivity contribution is 5.63. The van der Waals surface area contributed by atoms with Crippen LogP contribution in [0, 0.1) is 12.8 Å². The van der Waals surface area contributed by atoms with Gasteiger partial charge >= 0.3 is 0 Å². The molecule has 1 aromatic heterocycles. The number of ether oxygens (including phenoxy) is 1. The fourth-order valence-electron chi connectivity index (χ4n) is 3.16. The average molecular weight is 281 g/mol. The molecule has 0 fully saturated rings. The molecule has 21 heavy (non-hydrogen) atoms. The number of aromatic nitrogens is 1. The Labute approximate surface area is 127 Å². The maximum Gasteiger partial charge on any atom is 0.122 e. The summed E-state index contributed by atoms with van der Waals surface area (Å²) in [5, 5.41) is 0. The Morgan fingerprint density at radius 1 is 1.29 bits per heavy atom. The van der Waals surface area contributed by atoms with Gasteiger partial charge in [-0.25, -0.2) is 0 Å². The maximum atomic E-state index is 5.84. The number of hydrogen-bond acceptors (Lipinski definition) is 2. The standard InChI is InChI=1S/C19H23NO/c1-4-13(2)16-10-11-21-19-9-8-15(12-17(16)19)18-7-5-6-14(3)20-18/h5-9,12-13,16H,4,10-11H2,1-3H3. The molecular weight excluding hydrogens is 258 g/mol. The molecule has 2 heteroatoms. The van der Waals surface area contributed by atoms with Crippen LogP contribution in [0.25, 0.3) is 11.3 Å². The lowest BCUT2D eigenvalue weighted by Gasteiger charge is -2.30. The Bertz CT molecular complexity index is 635. The molecule has 2 heterocycles. The van der Waals surface area contributed by atoms with E-state index < -0.39 is 0 Å². The first-order valence-electron chi connectivity index (χ1n) is 7.90. The summed E-state index contributed by atoms with van der Waals surface area (Å²) in [5.41, 5.74) is 4.65. The van der Waals surface area contributed by atoms with Crippen LogP contribution >= 0.6 is 0 Å². The second-order valence-corrected chi connectivity index (χ2v) is 6.05. The number of aryl methyl sites for hydroxylation is 1. The van der Waals surface area contributed by atoms with Crippen molar-refractivity contribution in [3.8, 4) is 17.0 Å². The van der Waals surface area contributed by atoms with Crippen LogP contribution in [0.1, 0.15) is 43.9 Å². The van der Waals surface area contributed by atoms with Crippen molar-refractivity contribution in [2.45, 2.75) is 39.5 Å². The quantitative estimate of drug-likeness (QED) is 0.792. The van der Waals surface area contributed by atoms with Crippen LogP contribution in [0.2, 0.25) is 0 Å². The molecule has 1 aromatic carbocycles. The molecule has 3 rings (SSSR count). The van der Waals surface area contributed by atoms with Crippen LogP contribution in [-0.4, -0.2) is 11.6 Å². The Balaban J connectivity index is 2.03. The molecule has 2 aromatic rings. The lowest BCUT2D eigenvalue weighted by molar-refractivity contribution is 0.240. The summed E-state index contributed by atoms with van der Waals surface area (Å²) in [6.07, 6.45) is 2.32. The van der Waals surface area contributed by atoms with Crippen molar-refractivity contribution in [2.24, 2.45) is 5.92 Å². The van der Waals surface area contributed by atoms with Crippen molar-refractivity contribution >= 4 is 0 Å². The largest absolute Gasteiger partial charge is 0.493 e. The lowest BCUT2D eigenvalue weighted by atomic mass is 9.81. The molecule has 0 amide bonds. The topological polar surface area (TPSA) is 22.1 Å². The monoisotopic (exact) mass is 281 g/mol. The predicted octanol–water partition coefficient (Wildman–Crippen LogP) is 4.97. The number of hydrogen-bond donors (Lipinski definition) is 0. The van der Waals surface area contributed by atoms with Crippen molar-refractivity contribution < 1.29 is 4.74 Å². The highest BCUT2D eigenvalue weighted by Crippen LogP contribution is 2.41. The molecule has 0 radical (unpaired) electrons. The minimum absolute atomic E-state index is 0.600. The number of benzene rings is 1. The third kappa shape index (κ3) is 2.80. The normalized spacial score (nSPS) is 18.7. The number of pyridine rings is 1. The van der Waals surface area contributed by atoms with Gasteiger partial charge in [-0.2, -0.15) is 0 Å². The van der Waals surface area contributed by atoms with Gasteiger partial charge in [0.15, 0.2) is 0 Å². The van der Waals surface area contributed by atoms with E-state index >= 15 is 0 Å². The van der Waals surface area contributed by atoms with E-state index in [1.165, 1.54) is 17.5 Å². The third-order valence-electron chi connectivity index (χ3n) is 4.61. The van der Waals surface area contributed by atoms with Gasteiger partial charge in [0.05, 0.1) is 12.3 Å². The first-order chi connectivity index (χ1) is 10.2. The van der Waals surface area contributed by atoms with Crippen molar-refractivity contribution in [3.63, 3.8) is 0 Å². The van der Waals surface area contributed by atoms with E-state index in [9.17, 15) is 0 Å². The summed E-state index contributed by atoms with van der Waals surface area (Å²) < 4.78 is 5.84. The van der Waals surface area contributed by atoms with Gasteiger partial charge in [-0.15, -0.1) is 0 Å². The zero-order valence-corrected chi connectivity index (χ0v) is 13.1. The second kappa shape index (κ2) is 5.88. The fourth-order valence-corrected chi connectivity index (χ4v) is 3.16. The smallest absolute Gasteiger partial charge is 0.122 e. The van der Waals surface area contributed by atoms with Gasteiger partial charge in [-0.05, 0) is 61.1 Å². The molecule has 2 atom stereocenters. The molecule has 2 unspecified atom stereocenters. The van der Waals surface area contributed by atoms with Crippen molar-refractivity contribution in [1.82, 2.24) is 4.98 Å². The molecule has 0 saturated heterocycles. The lowest BCUT2D eigenvalue weighted by Crippen LogP contribution is -2.19. The van der Waals surface area contributed by atoms with Gasteiger partial charge in [0.25, 0.3) is 0 Å². The summed E-state index contributed by atoms with van der Waals surface area (Å²) in [5.74, 6) is 2.35. The maximum absolute atomic E-state index is 5.84. The van der Waals surface area contributed by atoms with Crippen LogP contribution in [0.15, 0.2) is 36.4 Å². The average Bonchev–Trinajstić information content (AvgIpc) is 2.53. The summed E-state index contributed by atoms with van der Waals surface area (Å²) in [7, 11) is 0. The fraction of sp³-hybridized carbons (Fsp3) is 0.421. The van der Waals surface area contributed by atoms with Crippen LogP contribution in [0.3, 0.4) is 0 Å². The van der Waals surface area contributed by atoms with Crippen LogP contribution in [0.4, 0.5) is 0 Å². The first kappa shape index (κ1) is 14.1. The van der Waals surface area contributed by atoms with Crippen molar-refractivity contribution in [1.29, 1.82) is 0 Å². The van der Waals surface area contributed by atoms with E-state index in [1.54, 1.807) is 0 Å². The van der Waals surface area contributed by atoms with Gasteiger partial charge in [-0.1, -0.05) is 26.3 Å². The predicted molar refractivity (Wildman–Crippen MR) is 86.7 cm³/mol. The van der Waals surface area contributed by atoms with Gasteiger partial charge in [0.2, 0.25) is 0 Å². The van der Waals surface area contributed by atoms with Gasteiger partial charge in [-0.3, -0.25) is 4.98 Å². The highest BCUT2D eigenvalue weighted by Gasteiger charge is 2.25. The number of nitrogens with zero attached hydrogens (tertiary/aromatic N) is 1. The van der Waals surface area contributed by atoms with E-state index in [0.717, 1.165) is 30.2 Å². The summed E-state index contributed by atoms with van der Waals surface area (Å²) in [4.78, 5) is 4.64. The van der Waals surface area contributed by atoms with Crippen molar-refractivity contribution in [3.05, 3.63) is 47.7 Å². The van der Waals surface area contributed by atoms with E-state index in [4.69, 9.17) is 4.74 Å². The van der Waals surface area contributed by atoms with Crippen LogP contribution in [0.5, 0.6) is 5.75 Å². The SMILES string of the molecule is CCC(C)C1CCOc2ccc(-c3cccc(C)n3)cc21. The molecule has 0 spiro atoms. The molecule has 0 bridgehead atoms. The summed E-state index contributed by atoms with van der Waals surface area (Å²) >= 11 is 0. The van der Waals surface area contributed by atoms with E-state index in [2.05, 4.69) is 49.2 Å². The summed E-state index contributed by atoms with van der Waals surface area (Å²) in [6.45, 7) is 7.49. The zero-order valence-electron chi connectivity index (χ0n) is 13.1. The molecular formula is C19H23NO. The zero-order chi connectivity index (χ0) is 14.8. The molecule has 1 aliphatic heterocycles. The molecule has 0 N–H and O–H groups in total. The minimum atomic E-state index is 0.600. The van der Waals surface area contributed by atoms with Crippen LogP contribution in [-0.2, 0) is 0 Å². The van der Waals surface area contributed by atoms with Crippen molar-refractivity contribution in [2.75, 3.05) is 6.61 Å². The van der Waals surface area contributed by atoms with E-state index in [-0.39, 0.29) is 0 Å². The Morgan fingerprint density at radius 2 is 2.14 bits per heavy atom. The second-order valence-electron chi connectivity index (χ2n) is 6.05. The molecule has 0 saturated carbocycles. The first-order valence-corrected chi connectivity index (χ1v) is 7.90. The Kier molecular flexibility index (Phi) is 3.96. The summed E-state index contributed by atoms with van der Waals surface area (Å²) in [6, 6.07) is 12.7. The molecule has 0 aliphatic carbocycles. The van der Waals surface area contributed by atoms with E-state index in [0.29, 0.717) is 11.8 Å². The van der Waals surface area contributed by atoms with Gasteiger partial charge < -0.3 is 4.74 Å². The number of rotatable bonds is 3. The Hall–Kier alpha value is -1.83. The minimum Gasteiger partial charge on any atom is -0.493 e. The van der Waals surface area contributed by atoms with Gasteiger partial charge in [0, 0.05) is 11.3 Å². The van der Waals surface area contributed by atoms with Crippen LogP contribution < -0.4 is 4.74 Å². The van der Waals surface area contributed by atoms with E-state index in [1.807, 2.05) is 13.0 Å². The Morgan fingerprint density at radius 3 is 2.90 bits per heavy atom. The molecule has 1 aliphatic rings. The molecule has 2 nitrogen and oxygen atoms in total. The third-order valence-corrected chi connectivity index (χ3v) is 4.61.